The van der Waals surface area contributed by atoms with Crippen LogP contribution in [0, 0.1) is 5.92 Å². The Bertz CT molecular complexity index is 489. The Morgan fingerprint density at radius 2 is 2.05 bits per heavy atom. The molecule has 0 spiro atoms. The quantitative estimate of drug-likeness (QED) is 0.723. The molecule has 0 aliphatic heterocycles. The van der Waals surface area contributed by atoms with Crippen LogP contribution in [-0.2, 0) is 4.79 Å². The number of carbonyl (C=O) groups excluding carboxylic acids is 1. The SMILES string of the molecule is CC(C)CC(NC(=O)c1cccc(Br)c1N)C(=O)O. The van der Waals surface area contributed by atoms with Crippen molar-refractivity contribution in [3.63, 3.8) is 0 Å². The number of aliphatic carboxylic acids is 1. The first-order valence-electron chi connectivity index (χ1n) is 5.90. The molecule has 1 aromatic rings. The zero-order chi connectivity index (χ0) is 14.6. The Morgan fingerprint density at radius 3 is 2.58 bits per heavy atom. The van der Waals surface area contributed by atoms with Crippen LogP contribution in [0.2, 0.25) is 0 Å². The number of hydrogen-bond donors (Lipinski definition) is 3. The number of para-hydroxylation sites is 1. The van der Waals surface area contributed by atoms with Gasteiger partial charge in [-0.15, -0.1) is 0 Å². The smallest absolute Gasteiger partial charge is 0.326 e. The summed E-state index contributed by atoms with van der Waals surface area (Å²) >= 11 is 3.23. The molecule has 1 aromatic carbocycles. The molecule has 0 aromatic heterocycles. The van der Waals surface area contributed by atoms with Crippen molar-refractivity contribution in [2.24, 2.45) is 5.92 Å². The largest absolute Gasteiger partial charge is 0.480 e. The number of nitrogens with two attached hydrogens (primary N) is 1. The summed E-state index contributed by atoms with van der Waals surface area (Å²) in [5.41, 5.74) is 6.35. The Labute approximate surface area is 120 Å². The van der Waals surface area contributed by atoms with Crippen molar-refractivity contribution in [1.29, 1.82) is 0 Å². The number of carbonyl (C=O) groups is 2. The average Bonchev–Trinajstić information content (AvgIpc) is 2.31. The van der Waals surface area contributed by atoms with Gasteiger partial charge in [-0.1, -0.05) is 19.9 Å². The number of hydrogen-bond acceptors (Lipinski definition) is 3. The van der Waals surface area contributed by atoms with E-state index < -0.39 is 17.9 Å². The van der Waals surface area contributed by atoms with E-state index in [1.165, 1.54) is 0 Å². The summed E-state index contributed by atoms with van der Waals surface area (Å²) < 4.78 is 0.607. The van der Waals surface area contributed by atoms with E-state index in [0.717, 1.165) is 0 Å². The molecule has 0 fully saturated rings. The molecule has 1 atom stereocenters. The molecule has 104 valence electrons. The van der Waals surface area contributed by atoms with E-state index in [1.54, 1.807) is 18.2 Å². The molecule has 0 radical (unpaired) electrons. The molecule has 5 nitrogen and oxygen atoms in total. The molecule has 0 aliphatic carbocycles. The third-order valence-electron chi connectivity index (χ3n) is 2.61. The van der Waals surface area contributed by atoms with E-state index in [0.29, 0.717) is 16.6 Å². The number of nitrogen functional groups attached to an aromatic ring is 1. The van der Waals surface area contributed by atoms with Crippen LogP contribution in [0.25, 0.3) is 0 Å². The maximum absolute atomic E-state index is 12.0. The maximum Gasteiger partial charge on any atom is 0.326 e. The molecule has 19 heavy (non-hydrogen) atoms. The van der Waals surface area contributed by atoms with Gasteiger partial charge < -0.3 is 16.2 Å². The van der Waals surface area contributed by atoms with Crippen LogP contribution in [-0.4, -0.2) is 23.0 Å². The number of nitrogens with one attached hydrogen (secondary N) is 1. The van der Waals surface area contributed by atoms with Crippen molar-refractivity contribution in [3.8, 4) is 0 Å². The fraction of sp³-hybridized carbons (Fsp3) is 0.385. The molecule has 1 rings (SSSR count). The summed E-state index contributed by atoms with van der Waals surface area (Å²) in [7, 11) is 0. The van der Waals surface area contributed by atoms with Gasteiger partial charge in [0.2, 0.25) is 0 Å². The zero-order valence-corrected chi connectivity index (χ0v) is 12.4. The van der Waals surface area contributed by atoms with Crippen molar-refractivity contribution in [1.82, 2.24) is 5.32 Å². The standard InChI is InChI=1S/C13H17BrN2O3/c1-7(2)6-10(13(18)19)16-12(17)8-4-3-5-9(14)11(8)15/h3-5,7,10H,6,15H2,1-2H3,(H,16,17)(H,18,19). The molecule has 0 bridgehead atoms. The van der Waals surface area contributed by atoms with Gasteiger partial charge in [-0.3, -0.25) is 4.79 Å². The van der Waals surface area contributed by atoms with Gasteiger partial charge in [0.05, 0.1) is 11.3 Å². The molecule has 0 saturated heterocycles. The van der Waals surface area contributed by atoms with Gasteiger partial charge >= 0.3 is 5.97 Å². The van der Waals surface area contributed by atoms with Crippen LogP contribution < -0.4 is 11.1 Å². The van der Waals surface area contributed by atoms with Gasteiger partial charge in [-0.25, -0.2) is 4.79 Å². The van der Waals surface area contributed by atoms with Crippen LogP contribution >= 0.6 is 15.9 Å². The normalized spacial score (nSPS) is 12.2. The van der Waals surface area contributed by atoms with Crippen molar-refractivity contribution in [2.45, 2.75) is 26.3 Å². The second-order valence-electron chi connectivity index (χ2n) is 4.69. The van der Waals surface area contributed by atoms with Crippen LogP contribution in [0.1, 0.15) is 30.6 Å². The van der Waals surface area contributed by atoms with Gasteiger partial charge in [-0.05, 0) is 40.4 Å². The highest BCUT2D eigenvalue weighted by molar-refractivity contribution is 9.10. The number of rotatable bonds is 5. The monoisotopic (exact) mass is 328 g/mol. The van der Waals surface area contributed by atoms with E-state index in [9.17, 15) is 9.59 Å². The summed E-state index contributed by atoms with van der Waals surface area (Å²) in [6.07, 6.45) is 0.370. The predicted molar refractivity (Wildman–Crippen MR) is 76.9 cm³/mol. The Hall–Kier alpha value is -1.56. The lowest BCUT2D eigenvalue weighted by atomic mass is 10.0. The minimum absolute atomic E-state index is 0.168. The molecule has 0 saturated carbocycles. The van der Waals surface area contributed by atoms with Crippen LogP contribution in [0.5, 0.6) is 0 Å². The lowest BCUT2D eigenvalue weighted by molar-refractivity contribution is -0.139. The highest BCUT2D eigenvalue weighted by Gasteiger charge is 2.22. The Kier molecular flexibility index (Phi) is 5.35. The van der Waals surface area contributed by atoms with Gasteiger partial charge in [0.1, 0.15) is 6.04 Å². The van der Waals surface area contributed by atoms with E-state index in [2.05, 4.69) is 21.2 Å². The molecule has 4 N–H and O–H groups in total. The summed E-state index contributed by atoms with van der Waals surface area (Å²) in [5.74, 6) is -1.36. The van der Waals surface area contributed by atoms with Gasteiger partial charge in [0.15, 0.2) is 0 Å². The average molecular weight is 329 g/mol. The van der Waals surface area contributed by atoms with Crippen molar-refractivity contribution in [3.05, 3.63) is 28.2 Å². The Balaban J connectivity index is 2.88. The van der Waals surface area contributed by atoms with E-state index in [4.69, 9.17) is 10.8 Å². The maximum atomic E-state index is 12.0. The molecule has 1 amide bonds. The van der Waals surface area contributed by atoms with Crippen molar-refractivity contribution >= 4 is 33.5 Å². The third-order valence-corrected chi connectivity index (χ3v) is 3.30. The predicted octanol–water partition coefficient (Wildman–Crippen LogP) is 2.26. The number of halogens is 1. The minimum Gasteiger partial charge on any atom is -0.480 e. The fourth-order valence-corrected chi connectivity index (χ4v) is 2.03. The molecule has 1 unspecified atom stereocenters. The summed E-state index contributed by atoms with van der Waals surface area (Å²) in [4.78, 5) is 23.1. The highest BCUT2D eigenvalue weighted by Crippen LogP contribution is 2.23. The Morgan fingerprint density at radius 1 is 1.42 bits per heavy atom. The van der Waals surface area contributed by atoms with Crippen molar-refractivity contribution < 1.29 is 14.7 Å². The molecule has 0 aliphatic rings. The lowest BCUT2D eigenvalue weighted by Gasteiger charge is -2.17. The molecule has 0 heterocycles. The summed E-state index contributed by atoms with van der Waals surface area (Å²) in [6, 6.07) is 4.04. The summed E-state index contributed by atoms with van der Waals surface area (Å²) in [5, 5.41) is 11.6. The first-order valence-corrected chi connectivity index (χ1v) is 6.70. The van der Waals surface area contributed by atoms with E-state index in [1.807, 2.05) is 13.8 Å². The van der Waals surface area contributed by atoms with Gasteiger partial charge in [0.25, 0.3) is 5.91 Å². The van der Waals surface area contributed by atoms with Gasteiger partial charge in [0, 0.05) is 4.47 Å². The van der Waals surface area contributed by atoms with Crippen LogP contribution in [0.3, 0.4) is 0 Å². The summed E-state index contributed by atoms with van der Waals surface area (Å²) in [6.45, 7) is 3.80. The van der Waals surface area contributed by atoms with E-state index >= 15 is 0 Å². The number of carboxylic acids is 1. The number of carboxylic acid groups (broad SMARTS) is 1. The van der Waals surface area contributed by atoms with Crippen molar-refractivity contribution in [2.75, 3.05) is 5.73 Å². The zero-order valence-electron chi connectivity index (χ0n) is 10.8. The van der Waals surface area contributed by atoms with Crippen LogP contribution in [0.4, 0.5) is 5.69 Å². The second-order valence-corrected chi connectivity index (χ2v) is 5.55. The second kappa shape index (κ2) is 6.56. The molecule has 6 heteroatoms. The molecular formula is C13H17BrN2O3. The third kappa shape index (κ3) is 4.24. The number of amides is 1. The fourth-order valence-electron chi connectivity index (χ4n) is 1.66. The number of benzene rings is 1. The first kappa shape index (κ1) is 15.5. The molecular weight excluding hydrogens is 312 g/mol. The number of anilines is 1. The minimum atomic E-state index is -1.05. The van der Waals surface area contributed by atoms with E-state index in [-0.39, 0.29) is 11.5 Å². The first-order chi connectivity index (χ1) is 8.82. The lowest BCUT2D eigenvalue weighted by Crippen LogP contribution is -2.41. The highest BCUT2D eigenvalue weighted by atomic mass is 79.9. The van der Waals surface area contributed by atoms with Gasteiger partial charge in [-0.2, -0.15) is 0 Å². The topological polar surface area (TPSA) is 92.4 Å². The van der Waals surface area contributed by atoms with Crippen LogP contribution in [0.15, 0.2) is 22.7 Å².